The molecule has 4 nitrogen and oxygen atoms in total. The number of hydrogen-bond donors (Lipinski definition) is 0. The van der Waals surface area contributed by atoms with Gasteiger partial charge in [-0.2, -0.15) is 0 Å². The van der Waals surface area contributed by atoms with Crippen LogP contribution in [0.1, 0.15) is 6.42 Å². The summed E-state index contributed by atoms with van der Waals surface area (Å²) in [4.78, 5) is 0. The van der Waals surface area contributed by atoms with Gasteiger partial charge >= 0.3 is 0 Å². The largest absolute Gasteiger partial charge is 0.359 e. The van der Waals surface area contributed by atoms with Crippen molar-refractivity contribution in [2.75, 3.05) is 59.8 Å². The molecule has 1 heterocycles. The van der Waals surface area contributed by atoms with Crippen LogP contribution in [0.2, 0.25) is 0 Å². The summed E-state index contributed by atoms with van der Waals surface area (Å²) in [5, 5.41) is 0. The molecule has 1 aliphatic heterocycles. The SMILES string of the molecule is CP(C)OCC(COP(C)C)CC1COP(C)OC1. The molecule has 1 saturated heterocycles. The lowest BCUT2D eigenvalue weighted by molar-refractivity contribution is 0.0859. The van der Waals surface area contributed by atoms with E-state index in [-0.39, 0.29) is 16.3 Å². The molecule has 0 N–H and O–H groups in total. The Morgan fingerprint density at radius 1 is 1.05 bits per heavy atom. The first-order chi connectivity index (χ1) is 8.97. The first kappa shape index (κ1) is 18.2. The predicted molar refractivity (Wildman–Crippen MR) is 85.8 cm³/mol. The van der Waals surface area contributed by atoms with E-state index in [1.165, 1.54) is 0 Å². The van der Waals surface area contributed by atoms with Gasteiger partial charge in [-0.25, -0.2) is 0 Å². The van der Waals surface area contributed by atoms with Crippen molar-refractivity contribution in [3.8, 4) is 0 Å². The Bertz CT molecular complexity index is 221. The van der Waals surface area contributed by atoms with Crippen LogP contribution < -0.4 is 0 Å². The Hall–Kier alpha value is 1.13. The fourth-order valence-electron chi connectivity index (χ4n) is 1.81. The van der Waals surface area contributed by atoms with Gasteiger partial charge in [-0.05, 0) is 33.1 Å². The van der Waals surface area contributed by atoms with Crippen LogP contribution in [0.3, 0.4) is 0 Å². The van der Waals surface area contributed by atoms with E-state index in [1.807, 2.05) is 6.66 Å². The normalized spacial score (nSPS) is 24.6. The van der Waals surface area contributed by atoms with Crippen LogP contribution in [0.5, 0.6) is 0 Å². The third-order valence-corrected chi connectivity index (χ3v) is 5.14. The van der Waals surface area contributed by atoms with Crippen LogP contribution in [0, 0.1) is 11.8 Å². The molecule has 0 bridgehead atoms. The second-order valence-corrected chi connectivity index (χ2v) is 10.4. The van der Waals surface area contributed by atoms with Gasteiger partial charge in [-0.1, -0.05) is 0 Å². The minimum Gasteiger partial charge on any atom is -0.359 e. The number of hydrogen-bond acceptors (Lipinski definition) is 4. The van der Waals surface area contributed by atoms with E-state index in [9.17, 15) is 0 Å². The molecule has 0 amide bonds. The maximum Gasteiger partial charge on any atom is 0.167 e. The van der Waals surface area contributed by atoms with Crippen molar-refractivity contribution in [1.29, 1.82) is 0 Å². The molecule has 7 heteroatoms. The van der Waals surface area contributed by atoms with Crippen molar-refractivity contribution in [3.63, 3.8) is 0 Å². The molecule has 19 heavy (non-hydrogen) atoms. The third kappa shape index (κ3) is 8.89. The topological polar surface area (TPSA) is 36.9 Å². The standard InChI is InChI=1S/C12H27O4P3/c1-17(2)13-7-11(8-14-18(3)4)6-12-9-15-19(5)16-10-12/h11-12H,6-10H2,1-5H3. The molecule has 0 spiro atoms. The van der Waals surface area contributed by atoms with Gasteiger partial charge in [0.15, 0.2) is 8.38 Å². The van der Waals surface area contributed by atoms with Crippen molar-refractivity contribution >= 4 is 24.7 Å². The number of rotatable bonds is 8. The van der Waals surface area contributed by atoms with E-state index >= 15 is 0 Å². The highest BCUT2D eigenvalue weighted by Crippen LogP contribution is 2.40. The highest BCUT2D eigenvalue weighted by atomic mass is 31.2. The lowest BCUT2D eigenvalue weighted by Gasteiger charge is -2.29. The van der Waals surface area contributed by atoms with Crippen LogP contribution in [-0.2, 0) is 18.1 Å². The van der Waals surface area contributed by atoms with Gasteiger partial charge < -0.3 is 18.1 Å². The van der Waals surface area contributed by atoms with E-state index in [0.29, 0.717) is 11.8 Å². The summed E-state index contributed by atoms with van der Waals surface area (Å²) in [5.74, 6) is 0.934. The highest BCUT2D eigenvalue weighted by molar-refractivity contribution is 7.51. The van der Waals surface area contributed by atoms with Crippen LogP contribution >= 0.6 is 24.7 Å². The summed E-state index contributed by atoms with van der Waals surface area (Å²) in [6, 6.07) is 0. The molecule has 0 aromatic heterocycles. The van der Waals surface area contributed by atoms with Crippen molar-refractivity contribution in [1.82, 2.24) is 0 Å². The lowest BCUT2D eigenvalue weighted by atomic mass is 9.97. The monoisotopic (exact) mass is 328 g/mol. The first-order valence-corrected chi connectivity index (χ1v) is 12.5. The fraction of sp³-hybridized carbons (Fsp3) is 1.00. The first-order valence-electron chi connectivity index (χ1n) is 6.57. The van der Waals surface area contributed by atoms with Crippen LogP contribution in [-0.4, -0.2) is 59.8 Å². The van der Waals surface area contributed by atoms with Gasteiger partial charge in [0.1, 0.15) is 0 Å². The molecule has 0 aromatic carbocycles. The van der Waals surface area contributed by atoms with Gasteiger partial charge in [0, 0.05) is 34.8 Å². The lowest BCUT2D eigenvalue weighted by Crippen LogP contribution is -2.26. The Morgan fingerprint density at radius 2 is 1.53 bits per heavy atom. The predicted octanol–water partition coefficient (Wildman–Crippen LogP) is 3.94. The smallest absolute Gasteiger partial charge is 0.167 e. The molecule has 1 aliphatic rings. The quantitative estimate of drug-likeness (QED) is 0.632. The maximum atomic E-state index is 5.81. The second-order valence-electron chi connectivity index (χ2n) is 5.22. The van der Waals surface area contributed by atoms with Gasteiger partial charge in [-0.15, -0.1) is 0 Å². The van der Waals surface area contributed by atoms with Gasteiger partial charge in [0.2, 0.25) is 0 Å². The summed E-state index contributed by atoms with van der Waals surface area (Å²) in [6.45, 7) is 13.8. The average Bonchev–Trinajstić information content (AvgIpc) is 2.35. The molecule has 0 aliphatic carbocycles. The maximum absolute atomic E-state index is 5.81. The molecule has 0 radical (unpaired) electrons. The van der Waals surface area contributed by atoms with Crippen LogP contribution in [0.4, 0.5) is 0 Å². The Labute approximate surface area is 121 Å². The summed E-state index contributed by atoms with van der Waals surface area (Å²) < 4.78 is 22.8. The Kier molecular flexibility index (Phi) is 9.53. The summed E-state index contributed by atoms with van der Waals surface area (Å²) in [5.41, 5.74) is 0. The van der Waals surface area contributed by atoms with Crippen molar-refractivity contribution in [2.45, 2.75) is 6.42 Å². The molecular weight excluding hydrogens is 301 g/mol. The molecule has 1 rings (SSSR count). The molecule has 114 valence electrons. The zero-order valence-corrected chi connectivity index (χ0v) is 15.3. The van der Waals surface area contributed by atoms with Gasteiger partial charge in [-0.3, -0.25) is 0 Å². The zero-order valence-electron chi connectivity index (χ0n) is 12.7. The van der Waals surface area contributed by atoms with Crippen LogP contribution in [0.15, 0.2) is 0 Å². The molecular formula is C12H27O4P3. The summed E-state index contributed by atoms with van der Waals surface area (Å²) in [6.07, 6.45) is 1.06. The van der Waals surface area contributed by atoms with Gasteiger partial charge in [0.05, 0.1) is 26.4 Å². The Morgan fingerprint density at radius 3 is 1.95 bits per heavy atom. The van der Waals surface area contributed by atoms with Crippen molar-refractivity contribution < 1.29 is 18.1 Å². The second kappa shape index (κ2) is 9.96. The molecule has 0 atom stereocenters. The fourth-order valence-corrected chi connectivity index (χ4v) is 3.74. The Balaban J connectivity index is 2.34. The average molecular weight is 328 g/mol. The third-order valence-electron chi connectivity index (χ3n) is 2.79. The molecule has 0 saturated carbocycles. The summed E-state index contributed by atoms with van der Waals surface area (Å²) >= 11 is 0. The van der Waals surface area contributed by atoms with E-state index in [2.05, 4.69) is 26.7 Å². The molecule has 0 unspecified atom stereocenters. The highest BCUT2D eigenvalue weighted by Gasteiger charge is 2.24. The zero-order chi connectivity index (χ0) is 14.3. The van der Waals surface area contributed by atoms with Crippen molar-refractivity contribution in [3.05, 3.63) is 0 Å². The van der Waals surface area contributed by atoms with E-state index in [0.717, 1.165) is 32.8 Å². The van der Waals surface area contributed by atoms with Crippen molar-refractivity contribution in [2.24, 2.45) is 11.8 Å². The minimum atomic E-state index is -0.636. The minimum absolute atomic E-state index is 0.299. The molecule has 0 aromatic rings. The van der Waals surface area contributed by atoms with E-state index in [4.69, 9.17) is 18.1 Å². The summed E-state index contributed by atoms with van der Waals surface area (Å²) in [7, 11) is -1.23. The van der Waals surface area contributed by atoms with Crippen LogP contribution in [0.25, 0.3) is 0 Å². The van der Waals surface area contributed by atoms with Gasteiger partial charge in [0.25, 0.3) is 0 Å². The van der Waals surface area contributed by atoms with E-state index < -0.39 is 8.38 Å². The van der Waals surface area contributed by atoms with E-state index in [1.54, 1.807) is 0 Å². The molecule has 1 fully saturated rings.